The Labute approximate surface area is 152 Å². The second kappa shape index (κ2) is 7.88. The van der Waals surface area contributed by atoms with Gasteiger partial charge in [-0.3, -0.25) is 4.72 Å². The fraction of sp³-hybridized carbons (Fsp3) is 0.105. The van der Waals surface area contributed by atoms with Crippen LogP contribution in [0.3, 0.4) is 0 Å². The first-order chi connectivity index (χ1) is 12.5. The van der Waals surface area contributed by atoms with Crippen molar-refractivity contribution in [1.82, 2.24) is 0 Å². The predicted octanol–water partition coefficient (Wildman–Crippen LogP) is 2.44. The summed E-state index contributed by atoms with van der Waals surface area (Å²) in [6.07, 6.45) is 3.76. The molecule has 2 aromatic carbocycles. The fourth-order valence-electron chi connectivity index (χ4n) is 2.35. The van der Waals surface area contributed by atoms with Crippen LogP contribution in [-0.2, 0) is 16.6 Å². The number of anilines is 2. The van der Waals surface area contributed by atoms with Crippen molar-refractivity contribution in [2.24, 2.45) is 0 Å². The minimum atomic E-state index is -3.62. The molecule has 0 amide bonds. The number of rotatable bonds is 7. The van der Waals surface area contributed by atoms with Gasteiger partial charge in [0, 0.05) is 23.9 Å². The van der Waals surface area contributed by atoms with Crippen LogP contribution in [0.15, 0.2) is 84.0 Å². The van der Waals surface area contributed by atoms with E-state index in [0.29, 0.717) is 30.3 Å². The minimum Gasteiger partial charge on any atom is -0.487 e. The number of nitrogens with two attached hydrogens (primary N) is 1. The average Bonchev–Trinajstić information content (AvgIpc) is 2.64. The molecule has 0 unspecified atom stereocenters. The topological polar surface area (TPSA) is 85.3 Å². The molecule has 0 atom stereocenters. The molecule has 26 heavy (non-hydrogen) atoms. The summed E-state index contributed by atoms with van der Waals surface area (Å²) in [5.74, 6) is 0.592. The normalized spacial score (nSPS) is 11.1. The first kappa shape index (κ1) is 17.8. The number of pyridine rings is 1. The van der Waals surface area contributed by atoms with Crippen molar-refractivity contribution in [1.29, 1.82) is 0 Å². The first-order valence-corrected chi connectivity index (χ1v) is 9.56. The second-order valence-corrected chi connectivity index (χ2v) is 7.35. The Morgan fingerprint density at radius 3 is 2.42 bits per heavy atom. The first-order valence-electron chi connectivity index (χ1n) is 8.08. The third-order valence-electron chi connectivity index (χ3n) is 3.67. The van der Waals surface area contributed by atoms with Crippen LogP contribution in [0.4, 0.5) is 11.4 Å². The highest BCUT2D eigenvalue weighted by atomic mass is 32.2. The fourth-order valence-corrected chi connectivity index (χ4v) is 3.42. The maximum atomic E-state index is 12.4. The molecular formula is C19H20N3O3S+. The van der Waals surface area contributed by atoms with Crippen molar-refractivity contribution in [2.75, 3.05) is 17.1 Å². The zero-order valence-electron chi connectivity index (χ0n) is 14.1. The Balaban J connectivity index is 1.62. The molecule has 3 aromatic rings. The molecule has 0 bridgehead atoms. The molecule has 0 saturated carbocycles. The Hall–Kier alpha value is -3.06. The van der Waals surface area contributed by atoms with E-state index in [1.165, 1.54) is 0 Å². The molecule has 0 radical (unpaired) electrons. The Kier molecular flexibility index (Phi) is 5.38. The van der Waals surface area contributed by atoms with Gasteiger partial charge in [0.2, 0.25) is 0 Å². The van der Waals surface area contributed by atoms with Gasteiger partial charge in [-0.2, -0.15) is 0 Å². The highest BCUT2D eigenvalue weighted by Gasteiger charge is 2.13. The molecule has 1 heterocycles. The van der Waals surface area contributed by atoms with Crippen LogP contribution in [0.1, 0.15) is 0 Å². The number of hydrogen-bond donors (Lipinski definition) is 2. The summed E-state index contributed by atoms with van der Waals surface area (Å²) in [6.45, 7) is 1.10. The summed E-state index contributed by atoms with van der Waals surface area (Å²) in [7, 11) is -3.62. The van der Waals surface area contributed by atoms with E-state index in [1.54, 1.807) is 54.6 Å². The second-order valence-electron chi connectivity index (χ2n) is 5.66. The molecule has 0 saturated heterocycles. The molecule has 0 aliphatic rings. The zero-order chi connectivity index (χ0) is 18.4. The van der Waals surface area contributed by atoms with Crippen molar-refractivity contribution in [3.05, 3.63) is 79.1 Å². The predicted molar refractivity (Wildman–Crippen MR) is 100 cm³/mol. The van der Waals surface area contributed by atoms with E-state index in [1.807, 2.05) is 29.1 Å². The molecule has 0 spiro atoms. The van der Waals surface area contributed by atoms with Crippen molar-refractivity contribution in [3.8, 4) is 5.75 Å². The Morgan fingerprint density at radius 2 is 1.69 bits per heavy atom. The molecule has 0 aliphatic heterocycles. The van der Waals surface area contributed by atoms with Crippen LogP contribution in [0.2, 0.25) is 0 Å². The van der Waals surface area contributed by atoms with E-state index >= 15 is 0 Å². The van der Waals surface area contributed by atoms with Gasteiger partial charge in [0.05, 0.1) is 10.6 Å². The van der Waals surface area contributed by atoms with Gasteiger partial charge in [-0.05, 0) is 24.3 Å². The van der Waals surface area contributed by atoms with Gasteiger partial charge < -0.3 is 10.5 Å². The lowest BCUT2D eigenvalue weighted by molar-refractivity contribution is -0.697. The lowest BCUT2D eigenvalue weighted by atomic mass is 10.3. The summed E-state index contributed by atoms with van der Waals surface area (Å²) in [4.78, 5) is 0.214. The van der Waals surface area contributed by atoms with Crippen molar-refractivity contribution < 1.29 is 17.7 Å². The summed E-state index contributed by atoms with van der Waals surface area (Å²) in [6, 6.07) is 18.7. The van der Waals surface area contributed by atoms with E-state index < -0.39 is 10.0 Å². The smallest absolute Gasteiger partial charge is 0.261 e. The van der Waals surface area contributed by atoms with Crippen LogP contribution < -0.4 is 19.8 Å². The maximum absolute atomic E-state index is 12.4. The third-order valence-corrected chi connectivity index (χ3v) is 5.07. The van der Waals surface area contributed by atoms with E-state index in [9.17, 15) is 8.42 Å². The zero-order valence-corrected chi connectivity index (χ0v) is 14.9. The summed E-state index contributed by atoms with van der Waals surface area (Å²) >= 11 is 0. The number of benzene rings is 2. The average molecular weight is 370 g/mol. The van der Waals surface area contributed by atoms with Gasteiger partial charge in [-0.25, -0.2) is 13.0 Å². The van der Waals surface area contributed by atoms with Gasteiger partial charge in [-0.1, -0.05) is 24.3 Å². The molecule has 0 fully saturated rings. The molecule has 6 nitrogen and oxygen atoms in total. The van der Waals surface area contributed by atoms with E-state index in [4.69, 9.17) is 10.5 Å². The monoisotopic (exact) mass is 370 g/mol. The number of hydrogen-bond acceptors (Lipinski definition) is 4. The lowest BCUT2D eigenvalue weighted by Gasteiger charge is -2.10. The number of aromatic nitrogens is 1. The van der Waals surface area contributed by atoms with Crippen LogP contribution >= 0.6 is 0 Å². The maximum Gasteiger partial charge on any atom is 0.261 e. The van der Waals surface area contributed by atoms with Gasteiger partial charge >= 0.3 is 0 Å². The SMILES string of the molecule is Nc1cc[n+](CCOc2cccc(NS(=O)(=O)c3ccccc3)c2)cc1. The number of sulfonamides is 1. The highest BCUT2D eigenvalue weighted by Crippen LogP contribution is 2.20. The third kappa shape index (κ3) is 4.73. The van der Waals surface area contributed by atoms with Gasteiger partial charge in [0.1, 0.15) is 12.4 Å². The quantitative estimate of drug-likeness (QED) is 0.626. The van der Waals surface area contributed by atoms with Gasteiger partial charge in [0.15, 0.2) is 18.9 Å². The number of nitrogens with one attached hydrogen (secondary N) is 1. The molecule has 3 N–H and O–H groups in total. The Bertz CT molecular complexity index is 959. The molecular weight excluding hydrogens is 350 g/mol. The van der Waals surface area contributed by atoms with Crippen molar-refractivity contribution >= 4 is 21.4 Å². The minimum absolute atomic E-state index is 0.214. The van der Waals surface area contributed by atoms with Crippen LogP contribution in [-0.4, -0.2) is 15.0 Å². The molecule has 3 rings (SSSR count). The molecule has 0 aliphatic carbocycles. The number of nitrogen functional groups attached to an aromatic ring is 1. The Morgan fingerprint density at radius 1 is 0.962 bits per heavy atom. The largest absolute Gasteiger partial charge is 0.487 e. The molecule has 134 valence electrons. The van der Waals surface area contributed by atoms with Gasteiger partial charge in [0.25, 0.3) is 10.0 Å². The molecule has 7 heteroatoms. The van der Waals surface area contributed by atoms with E-state index in [0.717, 1.165) is 0 Å². The van der Waals surface area contributed by atoms with Crippen LogP contribution in [0.25, 0.3) is 0 Å². The lowest BCUT2D eigenvalue weighted by Crippen LogP contribution is -2.35. The van der Waals surface area contributed by atoms with Crippen LogP contribution in [0.5, 0.6) is 5.75 Å². The molecule has 1 aromatic heterocycles. The van der Waals surface area contributed by atoms with E-state index in [2.05, 4.69) is 4.72 Å². The van der Waals surface area contributed by atoms with E-state index in [-0.39, 0.29) is 4.90 Å². The highest BCUT2D eigenvalue weighted by molar-refractivity contribution is 7.92. The van der Waals surface area contributed by atoms with Crippen molar-refractivity contribution in [3.63, 3.8) is 0 Å². The summed E-state index contributed by atoms with van der Waals surface area (Å²) < 4.78 is 35.0. The standard InChI is InChI=1S/C19H19N3O3S/c20-16-9-11-22(12-10-16)13-14-25-18-6-4-5-17(15-18)21-26(23,24)19-7-2-1-3-8-19/h1-12,15,20-21H,13-14H2/p+1. The van der Waals surface area contributed by atoms with Gasteiger partial charge in [-0.15, -0.1) is 0 Å². The number of ether oxygens (including phenoxy) is 1. The van der Waals surface area contributed by atoms with Crippen molar-refractivity contribution in [2.45, 2.75) is 11.4 Å². The summed E-state index contributed by atoms with van der Waals surface area (Å²) in [5.41, 5.74) is 6.81. The summed E-state index contributed by atoms with van der Waals surface area (Å²) in [5, 5.41) is 0. The van der Waals surface area contributed by atoms with Crippen LogP contribution in [0, 0.1) is 0 Å². The number of nitrogens with zero attached hydrogens (tertiary/aromatic N) is 1.